The van der Waals surface area contributed by atoms with E-state index >= 15 is 0 Å². The second-order valence-electron chi connectivity index (χ2n) is 5.48. The molecule has 0 spiro atoms. The maximum absolute atomic E-state index is 12.6. The molecule has 1 N–H and O–H groups in total. The first-order valence-corrected chi connectivity index (χ1v) is 7.81. The number of carboxylic acid groups (broad SMARTS) is 1. The molecule has 6 heteroatoms. The molecule has 2 rings (SSSR count). The van der Waals surface area contributed by atoms with Gasteiger partial charge in [0.2, 0.25) is 5.91 Å². The number of carboxylic acids is 1. The lowest BCUT2D eigenvalue weighted by atomic mass is 9.99. The Hall–Kier alpha value is -0.750. The van der Waals surface area contributed by atoms with E-state index in [1.165, 1.54) is 0 Å². The zero-order chi connectivity index (χ0) is 14.0. The van der Waals surface area contributed by atoms with Crippen LogP contribution < -0.4 is 0 Å². The average Bonchev–Trinajstić information content (AvgIpc) is 2.83. The standard InChI is InChI=1S/C13H21NO4S/c1-8(2)12-14(10(7-19-12)13(16)17)11(15)9-4-3-5-18-6-9/h8-10,12H,3-7H2,1-2H3,(H,16,17). The van der Waals surface area contributed by atoms with E-state index in [-0.39, 0.29) is 23.1 Å². The fourth-order valence-electron chi connectivity index (χ4n) is 2.66. The second-order valence-corrected chi connectivity index (χ2v) is 6.63. The summed E-state index contributed by atoms with van der Waals surface area (Å²) in [5, 5.41) is 9.26. The summed E-state index contributed by atoms with van der Waals surface area (Å²) < 4.78 is 5.35. The highest BCUT2D eigenvalue weighted by atomic mass is 32.2. The Morgan fingerprint density at radius 3 is 2.68 bits per heavy atom. The number of rotatable bonds is 3. The third-order valence-electron chi connectivity index (χ3n) is 3.65. The first kappa shape index (κ1) is 14.7. The lowest BCUT2D eigenvalue weighted by Gasteiger charge is -2.34. The van der Waals surface area contributed by atoms with E-state index in [9.17, 15) is 14.7 Å². The van der Waals surface area contributed by atoms with Gasteiger partial charge in [-0.05, 0) is 18.8 Å². The van der Waals surface area contributed by atoms with Crippen molar-refractivity contribution in [3.63, 3.8) is 0 Å². The molecule has 1 amide bonds. The number of thioether (sulfide) groups is 1. The monoisotopic (exact) mass is 287 g/mol. The van der Waals surface area contributed by atoms with Gasteiger partial charge in [-0.1, -0.05) is 13.8 Å². The van der Waals surface area contributed by atoms with E-state index in [0.717, 1.165) is 12.8 Å². The molecule has 2 heterocycles. The van der Waals surface area contributed by atoms with Crippen LogP contribution in [0, 0.1) is 11.8 Å². The first-order chi connectivity index (χ1) is 9.02. The Bertz CT molecular complexity index is 355. The number of ether oxygens (including phenoxy) is 1. The van der Waals surface area contributed by atoms with Crippen LogP contribution in [0.5, 0.6) is 0 Å². The molecule has 3 unspecified atom stereocenters. The average molecular weight is 287 g/mol. The molecule has 0 aromatic rings. The number of hydrogen-bond donors (Lipinski definition) is 1. The van der Waals surface area contributed by atoms with Gasteiger partial charge in [0.05, 0.1) is 17.9 Å². The summed E-state index contributed by atoms with van der Waals surface area (Å²) in [7, 11) is 0. The molecule has 2 fully saturated rings. The highest BCUT2D eigenvalue weighted by Crippen LogP contribution is 2.36. The van der Waals surface area contributed by atoms with Crippen molar-refractivity contribution in [1.29, 1.82) is 0 Å². The molecule has 0 radical (unpaired) electrons. The van der Waals surface area contributed by atoms with Gasteiger partial charge in [0.1, 0.15) is 6.04 Å². The van der Waals surface area contributed by atoms with Gasteiger partial charge in [0, 0.05) is 12.4 Å². The number of amides is 1. The summed E-state index contributed by atoms with van der Waals surface area (Å²) >= 11 is 1.57. The van der Waals surface area contributed by atoms with Gasteiger partial charge in [-0.15, -0.1) is 11.8 Å². The summed E-state index contributed by atoms with van der Waals surface area (Å²) in [6.07, 6.45) is 1.68. The number of carbonyl (C=O) groups excluding carboxylic acids is 1. The van der Waals surface area contributed by atoms with Crippen molar-refractivity contribution in [3.05, 3.63) is 0 Å². The Labute approximate surface area is 117 Å². The third kappa shape index (κ3) is 3.05. The summed E-state index contributed by atoms with van der Waals surface area (Å²) in [6.45, 7) is 5.19. The van der Waals surface area contributed by atoms with Crippen molar-refractivity contribution in [2.45, 2.75) is 38.1 Å². The van der Waals surface area contributed by atoms with Crippen LogP contribution in [-0.4, -0.2) is 52.3 Å². The van der Waals surface area contributed by atoms with Crippen molar-refractivity contribution >= 4 is 23.6 Å². The molecular formula is C13H21NO4S. The van der Waals surface area contributed by atoms with Gasteiger partial charge in [0.25, 0.3) is 0 Å². The molecule has 0 aromatic carbocycles. The summed E-state index contributed by atoms with van der Waals surface area (Å²) in [5.41, 5.74) is 0. The highest BCUT2D eigenvalue weighted by molar-refractivity contribution is 8.00. The van der Waals surface area contributed by atoms with Crippen LogP contribution in [0.4, 0.5) is 0 Å². The topological polar surface area (TPSA) is 66.8 Å². The van der Waals surface area contributed by atoms with Crippen molar-refractivity contribution in [3.8, 4) is 0 Å². The lowest BCUT2D eigenvalue weighted by molar-refractivity contribution is -0.153. The largest absolute Gasteiger partial charge is 0.480 e. The Balaban J connectivity index is 2.15. The Morgan fingerprint density at radius 1 is 1.42 bits per heavy atom. The van der Waals surface area contributed by atoms with Crippen molar-refractivity contribution in [1.82, 2.24) is 4.90 Å². The molecule has 108 valence electrons. The van der Waals surface area contributed by atoms with Crippen LogP contribution in [0.15, 0.2) is 0 Å². The van der Waals surface area contributed by atoms with E-state index in [0.29, 0.717) is 19.0 Å². The number of nitrogens with zero attached hydrogens (tertiary/aromatic N) is 1. The van der Waals surface area contributed by atoms with Crippen molar-refractivity contribution in [2.75, 3.05) is 19.0 Å². The summed E-state index contributed by atoms with van der Waals surface area (Å²) in [4.78, 5) is 25.5. The maximum Gasteiger partial charge on any atom is 0.327 e. The van der Waals surface area contributed by atoms with Gasteiger partial charge in [0.15, 0.2) is 0 Å². The van der Waals surface area contributed by atoms with Gasteiger partial charge < -0.3 is 14.7 Å². The second kappa shape index (κ2) is 6.13. The fourth-order valence-corrected chi connectivity index (χ4v) is 4.14. The summed E-state index contributed by atoms with van der Waals surface area (Å²) in [6, 6.07) is -0.688. The molecule has 0 bridgehead atoms. The molecule has 19 heavy (non-hydrogen) atoms. The van der Waals surface area contributed by atoms with E-state index in [1.807, 2.05) is 13.8 Å². The maximum atomic E-state index is 12.6. The van der Waals surface area contributed by atoms with Crippen molar-refractivity contribution in [2.24, 2.45) is 11.8 Å². The van der Waals surface area contributed by atoms with E-state index < -0.39 is 12.0 Å². The van der Waals surface area contributed by atoms with Crippen LogP contribution in [-0.2, 0) is 14.3 Å². The highest BCUT2D eigenvalue weighted by Gasteiger charge is 2.44. The molecule has 2 aliphatic heterocycles. The first-order valence-electron chi connectivity index (χ1n) is 6.76. The number of hydrogen-bond acceptors (Lipinski definition) is 4. The van der Waals surface area contributed by atoms with Gasteiger partial charge in [-0.3, -0.25) is 4.79 Å². The molecule has 2 saturated heterocycles. The van der Waals surface area contributed by atoms with E-state index in [2.05, 4.69) is 0 Å². The lowest BCUT2D eigenvalue weighted by Crippen LogP contribution is -2.50. The normalized spacial score (nSPS) is 31.7. The van der Waals surface area contributed by atoms with E-state index in [1.54, 1.807) is 16.7 Å². The molecule has 5 nitrogen and oxygen atoms in total. The SMILES string of the molecule is CC(C)C1SCC(C(=O)O)N1C(=O)C1CCCOC1. The summed E-state index contributed by atoms with van der Waals surface area (Å²) in [5.74, 6) is -0.382. The van der Waals surface area contributed by atoms with Crippen LogP contribution >= 0.6 is 11.8 Å². The smallest absolute Gasteiger partial charge is 0.327 e. The van der Waals surface area contributed by atoms with Crippen molar-refractivity contribution < 1.29 is 19.4 Å². The number of aliphatic carboxylic acids is 1. The molecule has 2 aliphatic rings. The molecule has 0 saturated carbocycles. The minimum atomic E-state index is -0.902. The predicted octanol–water partition coefficient (Wildman–Crippen LogP) is 1.42. The van der Waals surface area contributed by atoms with Crippen LogP contribution in [0.25, 0.3) is 0 Å². The van der Waals surface area contributed by atoms with Crippen LogP contribution in [0.1, 0.15) is 26.7 Å². The Morgan fingerprint density at radius 2 is 2.16 bits per heavy atom. The zero-order valence-corrected chi connectivity index (χ0v) is 12.2. The van der Waals surface area contributed by atoms with E-state index in [4.69, 9.17) is 4.74 Å². The minimum absolute atomic E-state index is 0.0319. The fraction of sp³-hybridized carbons (Fsp3) is 0.846. The quantitative estimate of drug-likeness (QED) is 0.850. The Kier molecular flexibility index (Phi) is 4.73. The molecule has 0 aromatic heterocycles. The zero-order valence-electron chi connectivity index (χ0n) is 11.4. The number of carbonyl (C=O) groups is 2. The minimum Gasteiger partial charge on any atom is -0.480 e. The van der Waals surface area contributed by atoms with Gasteiger partial charge >= 0.3 is 5.97 Å². The molecule has 3 atom stereocenters. The van der Waals surface area contributed by atoms with Gasteiger partial charge in [-0.2, -0.15) is 0 Å². The van der Waals surface area contributed by atoms with Crippen LogP contribution in [0.2, 0.25) is 0 Å². The molecule has 0 aliphatic carbocycles. The predicted molar refractivity (Wildman–Crippen MR) is 72.9 cm³/mol. The van der Waals surface area contributed by atoms with Crippen LogP contribution in [0.3, 0.4) is 0 Å². The third-order valence-corrected chi connectivity index (χ3v) is 5.28. The van der Waals surface area contributed by atoms with Gasteiger partial charge in [-0.25, -0.2) is 4.79 Å². The molecular weight excluding hydrogens is 266 g/mol.